The Hall–Kier alpha value is -1.99. The molecule has 0 unspecified atom stereocenters. The second kappa shape index (κ2) is 5.42. The molecule has 3 rings (SSSR count). The lowest BCUT2D eigenvalue weighted by atomic mass is 10.2. The van der Waals surface area contributed by atoms with Crippen molar-refractivity contribution in [2.24, 2.45) is 0 Å². The van der Waals surface area contributed by atoms with Crippen LogP contribution in [0.1, 0.15) is 21.4 Å². The second-order valence-corrected chi connectivity index (χ2v) is 5.70. The zero-order chi connectivity index (χ0) is 15.0. The van der Waals surface area contributed by atoms with E-state index < -0.39 is 11.7 Å². The van der Waals surface area contributed by atoms with Gasteiger partial charge in [-0.3, -0.25) is 4.79 Å². The van der Waals surface area contributed by atoms with Gasteiger partial charge < -0.3 is 9.84 Å². The number of hydrogen-bond donors (Lipinski definition) is 1. The van der Waals surface area contributed by atoms with Gasteiger partial charge in [-0.2, -0.15) is 4.98 Å². The topological polar surface area (TPSA) is 68.0 Å². The summed E-state index contributed by atoms with van der Waals surface area (Å²) in [6, 6.07) is 4.60. The van der Waals surface area contributed by atoms with Gasteiger partial charge in [0.2, 0.25) is 5.89 Å². The number of carbonyl (C=O) groups is 1. The molecule has 0 aliphatic heterocycles. The lowest BCUT2D eigenvalue weighted by Crippen LogP contribution is -2.22. The molecule has 2 heterocycles. The average molecular weight is 326 g/mol. The number of nitrogens with one attached hydrogen (secondary N) is 1. The molecule has 0 atom stereocenters. The molecular formula is C13H9ClFN3O2S. The largest absolute Gasteiger partial charge is 0.344 e. The van der Waals surface area contributed by atoms with Crippen LogP contribution >= 0.6 is 22.9 Å². The first-order valence-electron chi connectivity index (χ1n) is 6.00. The maximum atomic E-state index is 13.7. The van der Waals surface area contributed by atoms with Gasteiger partial charge in [-0.05, 0) is 12.1 Å². The van der Waals surface area contributed by atoms with E-state index in [1.165, 1.54) is 6.07 Å². The van der Waals surface area contributed by atoms with Crippen molar-refractivity contribution in [3.05, 3.63) is 45.6 Å². The summed E-state index contributed by atoms with van der Waals surface area (Å²) in [5, 5.41) is 6.69. The van der Waals surface area contributed by atoms with Gasteiger partial charge in [0.05, 0.1) is 11.6 Å². The molecule has 5 nitrogen and oxygen atoms in total. The Labute approximate surface area is 127 Å². The number of nitrogens with zero attached hydrogens (tertiary/aromatic N) is 2. The van der Waals surface area contributed by atoms with Gasteiger partial charge in [0.25, 0.3) is 5.91 Å². The van der Waals surface area contributed by atoms with Crippen LogP contribution in [0.3, 0.4) is 0 Å². The van der Waals surface area contributed by atoms with E-state index >= 15 is 0 Å². The third-order valence-corrected chi connectivity index (χ3v) is 4.43. The van der Waals surface area contributed by atoms with Crippen molar-refractivity contribution in [1.29, 1.82) is 0 Å². The van der Waals surface area contributed by atoms with Crippen molar-refractivity contribution in [1.82, 2.24) is 15.5 Å². The standard InChI is InChI=1S/C13H9ClFN3O2S/c1-6-17-9(18-20-6)5-16-13(19)12-11(14)10-7(15)3-2-4-8(10)21-12/h2-4H,5H2,1H3,(H,16,19). The summed E-state index contributed by atoms with van der Waals surface area (Å²) in [7, 11) is 0. The van der Waals surface area contributed by atoms with Crippen LogP contribution in [0.15, 0.2) is 22.7 Å². The molecule has 0 spiro atoms. The minimum atomic E-state index is -0.443. The summed E-state index contributed by atoms with van der Waals surface area (Å²) in [6.45, 7) is 1.77. The van der Waals surface area contributed by atoms with E-state index in [0.29, 0.717) is 16.4 Å². The van der Waals surface area contributed by atoms with Gasteiger partial charge in [-0.1, -0.05) is 22.8 Å². The molecule has 21 heavy (non-hydrogen) atoms. The van der Waals surface area contributed by atoms with Crippen LogP contribution < -0.4 is 5.32 Å². The minimum absolute atomic E-state index is 0.114. The third-order valence-electron chi connectivity index (χ3n) is 2.79. The van der Waals surface area contributed by atoms with E-state index in [-0.39, 0.29) is 21.8 Å². The molecule has 0 fully saturated rings. The summed E-state index contributed by atoms with van der Waals surface area (Å²) in [5.41, 5.74) is 0. The molecule has 0 aliphatic carbocycles. The number of carbonyl (C=O) groups excluding carboxylic acids is 1. The molecule has 1 aromatic carbocycles. The monoisotopic (exact) mass is 325 g/mol. The number of rotatable bonds is 3. The summed E-state index contributed by atoms with van der Waals surface area (Å²) >= 11 is 7.24. The number of amides is 1. The van der Waals surface area contributed by atoms with Crippen molar-refractivity contribution in [3.8, 4) is 0 Å². The van der Waals surface area contributed by atoms with Crippen molar-refractivity contribution in [2.45, 2.75) is 13.5 Å². The Bertz CT molecular complexity index is 830. The van der Waals surface area contributed by atoms with Crippen LogP contribution in [0.25, 0.3) is 10.1 Å². The summed E-state index contributed by atoms with van der Waals surface area (Å²) in [4.78, 5) is 16.4. The third kappa shape index (κ3) is 2.62. The van der Waals surface area contributed by atoms with Gasteiger partial charge in [-0.25, -0.2) is 4.39 Å². The van der Waals surface area contributed by atoms with E-state index in [1.807, 2.05) is 0 Å². The lowest BCUT2D eigenvalue weighted by molar-refractivity contribution is 0.0954. The minimum Gasteiger partial charge on any atom is -0.344 e. The zero-order valence-corrected chi connectivity index (χ0v) is 12.4. The highest BCUT2D eigenvalue weighted by Gasteiger charge is 2.19. The first-order valence-corrected chi connectivity index (χ1v) is 7.19. The summed E-state index contributed by atoms with van der Waals surface area (Å²) in [5.74, 6) is -0.0601. The van der Waals surface area contributed by atoms with Gasteiger partial charge in [0, 0.05) is 17.0 Å². The van der Waals surface area contributed by atoms with Crippen LogP contribution in [0, 0.1) is 12.7 Å². The smallest absolute Gasteiger partial charge is 0.263 e. The van der Waals surface area contributed by atoms with E-state index in [2.05, 4.69) is 15.5 Å². The fourth-order valence-electron chi connectivity index (χ4n) is 1.87. The van der Waals surface area contributed by atoms with Crippen LogP contribution in [-0.4, -0.2) is 16.0 Å². The fraction of sp³-hybridized carbons (Fsp3) is 0.154. The molecule has 1 N–H and O–H groups in total. The number of benzene rings is 1. The molecule has 0 aliphatic rings. The number of aryl methyl sites for hydroxylation is 1. The number of thiophene rings is 1. The lowest BCUT2D eigenvalue weighted by Gasteiger charge is -2.00. The Morgan fingerprint density at radius 2 is 2.33 bits per heavy atom. The average Bonchev–Trinajstić information content (AvgIpc) is 3.01. The summed E-state index contributed by atoms with van der Waals surface area (Å²) in [6.07, 6.45) is 0. The number of halogens is 2. The molecule has 0 saturated heterocycles. The molecule has 1 amide bonds. The molecule has 0 bridgehead atoms. The maximum Gasteiger partial charge on any atom is 0.263 e. The summed E-state index contributed by atoms with van der Waals surface area (Å²) < 4.78 is 19.2. The van der Waals surface area contributed by atoms with Gasteiger partial charge >= 0.3 is 0 Å². The van der Waals surface area contributed by atoms with Crippen LogP contribution in [0.2, 0.25) is 5.02 Å². The van der Waals surface area contributed by atoms with Crippen molar-refractivity contribution >= 4 is 38.9 Å². The number of aromatic nitrogens is 2. The van der Waals surface area contributed by atoms with Crippen molar-refractivity contribution in [2.75, 3.05) is 0 Å². The highest BCUT2D eigenvalue weighted by Crippen LogP contribution is 2.36. The fourth-order valence-corrected chi connectivity index (χ4v) is 3.34. The molecule has 2 aromatic heterocycles. The second-order valence-electron chi connectivity index (χ2n) is 4.27. The Morgan fingerprint density at radius 3 is 3.00 bits per heavy atom. The van der Waals surface area contributed by atoms with Crippen molar-refractivity contribution in [3.63, 3.8) is 0 Å². The predicted octanol–water partition coefficient (Wildman–Crippen LogP) is 3.32. The Balaban J connectivity index is 1.84. The quantitative estimate of drug-likeness (QED) is 0.802. The predicted molar refractivity (Wildman–Crippen MR) is 77.0 cm³/mol. The van der Waals surface area contributed by atoms with Crippen LogP contribution in [0.5, 0.6) is 0 Å². The van der Waals surface area contributed by atoms with E-state index in [9.17, 15) is 9.18 Å². The number of hydrogen-bond acceptors (Lipinski definition) is 5. The van der Waals surface area contributed by atoms with Crippen molar-refractivity contribution < 1.29 is 13.7 Å². The normalized spacial score (nSPS) is 11.0. The van der Waals surface area contributed by atoms with E-state index in [1.54, 1.807) is 19.1 Å². The zero-order valence-electron chi connectivity index (χ0n) is 10.8. The Morgan fingerprint density at radius 1 is 1.52 bits per heavy atom. The SMILES string of the molecule is Cc1nc(CNC(=O)c2sc3cccc(F)c3c2Cl)no1. The Kier molecular flexibility index (Phi) is 3.60. The molecule has 8 heteroatoms. The highest BCUT2D eigenvalue weighted by atomic mass is 35.5. The van der Waals surface area contributed by atoms with Gasteiger partial charge in [0.15, 0.2) is 5.82 Å². The van der Waals surface area contributed by atoms with E-state index in [0.717, 1.165) is 11.3 Å². The van der Waals surface area contributed by atoms with Gasteiger partial charge in [0.1, 0.15) is 10.7 Å². The molecular weight excluding hydrogens is 317 g/mol. The van der Waals surface area contributed by atoms with Gasteiger partial charge in [-0.15, -0.1) is 11.3 Å². The maximum absolute atomic E-state index is 13.7. The highest BCUT2D eigenvalue weighted by molar-refractivity contribution is 7.21. The number of fused-ring (bicyclic) bond motifs is 1. The first kappa shape index (κ1) is 14.0. The molecule has 0 saturated carbocycles. The van der Waals surface area contributed by atoms with Crippen LogP contribution in [-0.2, 0) is 6.54 Å². The van der Waals surface area contributed by atoms with E-state index in [4.69, 9.17) is 16.1 Å². The molecule has 108 valence electrons. The first-order chi connectivity index (χ1) is 10.1. The molecule has 3 aromatic rings. The molecule has 0 radical (unpaired) electrons. The van der Waals surface area contributed by atoms with Crippen LogP contribution in [0.4, 0.5) is 4.39 Å².